The third kappa shape index (κ3) is 2.60. The molecule has 0 aromatic heterocycles. The molecule has 0 rings (SSSR count). The normalized spacial score (nSPS) is 11.1. The first kappa shape index (κ1) is 6.92. The molecule has 0 heterocycles. The Balaban J connectivity index is 3.14. The van der Waals surface area contributed by atoms with Gasteiger partial charge in [-0.25, -0.2) is 0 Å². The SMILES string of the molecule is CON(C)C(C)C. The largest absolute Gasteiger partial charge is 0.302 e. The molecule has 0 fully saturated rings. The highest BCUT2D eigenvalue weighted by Gasteiger charge is 1.97. The lowest BCUT2D eigenvalue weighted by Crippen LogP contribution is -2.24. The zero-order chi connectivity index (χ0) is 5.86. The van der Waals surface area contributed by atoms with E-state index in [1.165, 1.54) is 0 Å². The lowest BCUT2D eigenvalue weighted by molar-refractivity contribution is -0.131. The van der Waals surface area contributed by atoms with E-state index in [9.17, 15) is 0 Å². The lowest BCUT2D eigenvalue weighted by atomic mass is 10.4. The van der Waals surface area contributed by atoms with Crippen LogP contribution in [-0.2, 0) is 4.84 Å². The first-order valence-electron chi connectivity index (χ1n) is 2.45. The van der Waals surface area contributed by atoms with Crippen LogP contribution in [0.4, 0.5) is 0 Å². The minimum absolute atomic E-state index is 0.477. The van der Waals surface area contributed by atoms with Crippen LogP contribution in [0.15, 0.2) is 0 Å². The van der Waals surface area contributed by atoms with Crippen LogP contribution in [0.5, 0.6) is 0 Å². The summed E-state index contributed by atoms with van der Waals surface area (Å²) in [6.07, 6.45) is 0. The smallest absolute Gasteiger partial charge is 0.0575 e. The molecule has 44 valence electrons. The van der Waals surface area contributed by atoms with Gasteiger partial charge in [0, 0.05) is 13.1 Å². The summed E-state index contributed by atoms with van der Waals surface area (Å²) >= 11 is 0. The van der Waals surface area contributed by atoms with Gasteiger partial charge in [-0.15, -0.1) is 0 Å². The third-order valence-electron chi connectivity index (χ3n) is 1.02. The fourth-order valence-electron chi connectivity index (χ4n) is 0.211. The van der Waals surface area contributed by atoms with Crippen LogP contribution in [0.2, 0.25) is 0 Å². The Morgan fingerprint density at radius 1 is 1.43 bits per heavy atom. The molecular weight excluding hydrogens is 90.1 g/mol. The molecule has 0 bridgehead atoms. The van der Waals surface area contributed by atoms with E-state index in [0.29, 0.717) is 6.04 Å². The van der Waals surface area contributed by atoms with Gasteiger partial charge in [0.05, 0.1) is 7.11 Å². The van der Waals surface area contributed by atoms with Crippen molar-refractivity contribution in [1.82, 2.24) is 5.06 Å². The highest BCUT2D eigenvalue weighted by Crippen LogP contribution is 1.89. The number of hydrogen-bond donors (Lipinski definition) is 0. The van der Waals surface area contributed by atoms with Gasteiger partial charge >= 0.3 is 0 Å². The lowest BCUT2D eigenvalue weighted by Gasteiger charge is -2.16. The van der Waals surface area contributed by atoms with Crippen molar-refractivity contribution in [2.24, 2.45) is 0 Å². The van der Waals surface area contributed by atoms with Crippen LogP contribution in [0, 0.1) is 0 Å². The minimum atomic E-state index is 0.477. The zero-order valence-electron chi connectivity index (χ0n) is 5.43. The maximum absolute atomic E-state index is 4.84. The van der Waals surface area contributed by atoms with Crippen molar-refractivity contribution in [2.45, 2.75) is 19.9 Å². The van der Waals surface area contributed by atoms with Gasteiger partial charge in [0.15, 0.2) is 0 Å². The van der Waals surface area contributed by atoms with Crippen LogP contribution < -0.4 is 0 Å². The molecule has 0 saturated carbocycles. The minimum Gasteiger partial charge on any atom is -0.302 e. The molecule has 0 atom stereocenters. The molecule has 0 aromatic carbocycles. The van der Waals surface area contributed by atoms with Crippen molar-refractivity contribution in [3.05, 3.63) is 0 Å². The second-order valence-electron chi connectivity index (χ2n) is 1.82. The zero-order valence-corrected chi connectivity index (χ0v) is 5.43. The molecule has 0 radical (unpaired) electrons. The van der Waals surface area contributed by atoms with Crippen LogP contribution in [0.3, 0.4) is 0 Å². The Morgan fingerprint density at radius 3 is 1.86 bits per heavy atom. The molecule has 0 unspecified atom stereocenters. The molecule has 0 aliphatic rings. The summed E-state index contributed by atoms with van der Waals surface area (Å²) in [5, 5.41) is 1.79. The monoisotopic (exact) mass is 103 g/mol. The number of hydrogen-bond acceptors (Lipinski definition) is 2. The summed E-state index contributed by atoms with van der Waals surface area (Å²) in [7, 11) is 3.57. The van der Waals surface area contributed by atoms with Crippen molar-refractivity contribution in [1.29, 1.82) is 0 Å². The van der Waals surface area contributed by atoms with Gasteiger partial charge in [0.1, 0.15) is 0 Å². The predicted molar refractivity (Wildman–Crippen MR) is 29.9 cm³/mol. The molecule has 0 spiro atoms. The van der Waals surface area contributed by atoms with E-state index in [1.54, 1.807) is 12.2 Å². The van der Waals surface area contributed by atoms with E-state index in [-0.39, 0.29) is 0 Å². The molecule has 2 heteroatoms. The van der Waals surface area contributed by atoms with Crippen LogP contribution >= 0.6 is 0 Å². The average molecular weight is 103 g/mol. The first-order chi connectivity index (χ1) is 3.18. The Labute approximate surface area is 45.0 Å². The Kier molecular flexibility index (Phi) is 2.96. The molecule has 0 aliphatic carbocycles. The summed E-state index contributed by atoms with van der Waals surface area (Å²) in [6.45, 7) is 4.15. The predicted octanol–water partition coefficient (Wildman–Crippen LogP) is 0.888. The van der Waals surface area contributed by atoms with Crippen molar-refractivity contribution in [3.63, 3.8) is 0 Å². The fraction of sp³-hybridized carbons (Fsp3) is 1.00. The Bertz CT molecular complexity index is 45.3. The highest BCUT2D eigenvalue weighted by atomic mass is 16.7. The first-order valence-corrected chi connectivity index (χ1v) is 2.45. The molecule has 0 aromatic rings. The molecular formula is C5H13NO. The maximum atomic E-state index is 4.84. The fourth-order valence-corrected chi connectivity index (χ4v) is 0.211. The van der Waals surface area contributed by atoms with Crippen molar-refractivity contribution < 1.29 is 4.84 Å². The molecule has 0 aliphatic heterocycles. The van der Waals surface area contributed by atoms with E-state index in [1.807, 2.05) is 7.05 Å². The van der Waals surface area contributed by atoms with Crippen LogP contribution in [0.1, 0.15) is 13.8 Å². The highest BCUT2D eigenvalue weighted by molar-refractivity contribution is 4.41. The number of rotatable bonds is 2. The summed E-state index contributed by atoms with van der Waals surface area (Å²) in [5.41, 5.74) is 0. The van der Waals surface area contributed by atoms with E-state index < -0.39 is 0 Å². The Morgan fingerprint density at radius 2 is 1.86 bits per heavy atom. The van der Waals surface area contributed by atoms with E-state index in [2.05, 4.69) is 13.8 Å². The van der Waals surface area contributed by atoms with Crippen molar-refractivity contribution in [2.75, 3.05) is 14.2 Å². The van der Waals surface area contributed by atoms with Gasteiger partial charge in [-0.2, -0.15) is 5.06 Å². The summed E-state index contributed by atoms with van der Waals surface area (Å²) in [6, 6.07) is 0.477. The molecule has 2 nitrogen and oxygen atoms in total. The topological polar surface area (TPSA) is 12.5 Å². The van der Waals surface area contributed by atoms with Crippen molar-refractivity contribution in [3.8, 4) is 0 Å². The second kappa shape index (κ2) is 2.99. The van der Waals surface area contributed by atoms with Gasteiger partial charge in [0.2, 0.25) is 0 Å². The molecule has 0 saturated heterocycles. The molecule has 7 heavy (non-hydrogen) atoms. The summed E-state index contributed by atoms with van der Waals surface area (Å²) in [5.74, 6) is 0. The van der Waals surface area contributed by atoms with Gasteiger partial charge in [-0.3, -0.25) is 0 Å². The van der Waals surface area contributed by atoms with Crippen LogP contribution in [0.25, 0.3) is 0 Å². The van der Waals surface area contributed by atoms with Gasteiger partial charge in [-0.1, -0.05) is 0 Å². The Hall–Kier alpha value is -0.0800. The van der Waals surface area contributed by atoms with Crippen LogP contribution in [-0.4, -0.2) is 25.3 Å². The number of nitrogens with zero attached hydrogens (tertiary/aromatic N) is 1. The average Bonchev–Trinajstić information content (AvgIpc) is 1.65. The van der Waals surface area contributed by atoms with E-state index in [4.69, 9.17) is 4.84 Å². The van der Waals surface area contributed by atoms with E-state index in [0.717, 1.165) is 0 Å². The van der Waals surface area contributed by atoms with E-state index >= 15 is 0 Å². The maximum Gasteiger partial charge on any atom is 0.0575 e. The third-order valence-corrected chi connectivity index (χ3v) is 1.02. The second-order valence-corrected chi connectivity index (χ2v) is 1.82. The molecule has 0 amide bonds. The standard InChI is InChI=1S/C5H13NO/c1-5(2)6(3)7-4/h5H,1-4H3. The summed E-state index contributed by atoms with van der Waals surface area (Å²) in [4.78, 5) is 4.84. The quantitative estimate of drug-likeness (QED) is 0.481. The van der Waals surface area contributed by atoms with Gasteiger partial charge < -0.3 is 4.84 Å². The number of hydroxylamine groups is 2. The summed E-state index contributed by atoms with van der Waals surface area (Å²) < 4.78 is 0. The molecule has 0 N–H and O–H groups in total. The van der Waals surface area contributed by atoms with Crippen molar-refractivity contribution >= 4 is 0 Å². The van der Waals surface area contributed by atoms with Gasteiger partial charge in [-0.05, 0) is 13.8 Å². The van der Waals surface area contributed by atoms with Gasteiger partial charge in [0.25, 0.3) is 0 Å².